The summed E-state index contributed by atoms with van der Waals surface area (Å²) >= 11 is 1.25. The number of aromatic nitrogens is 2. The van der Waals surface area contributed by atoms with Gasteiger partial charge in [-0.1, -0.05) is 11.8 Å². The minimum atomic E-state index is -0.259. The summed E-state index contributed by atoms with van der Waals surface area (Å²) in [5.41, 5.74) is 4.85. The summed E-state index contributed by atoms with van der Waals surface area (Å²) in [4.78, 5) is 20.3. The van der Waals surface area contributed by atoms with Gasteiger partial charge in [0.2, 0.25) is 0 Å². The van der Waals surface area contributed by atoms with Crippen molar-refractivity contribution in [2.45, 2.75) is 19.0 Å². The average Bonchev–Trinajstić information content (AvgIpc) is 2.53. The highest BCUT2D eigenvalue weighted by atomic mass is 32.2. The van der Waals surface area contributed by atoms with Crippen molar-refractivity contribution in [3.63, 3.8) is 0 Å². The van der Waals surface area contributed by atoms with Gasteiger partial charge in [-0.2, -0.15) is 5.10 Å². The van der Waals surface area contributed by atoms with E-state index < -0.39 is 0 Å². The summed E-state index contributed by atoms with van der Waals surface area (Å²) in [6.45, 7) is 3.77. The molecular formula is C16H18N4O3S. The zero-order valence-electron chi connectivity index (χ0n) is 13.6. The van der Waals surface area contributed by atoms with E-state index in [-0.39, 0.29) is 17.4 Å². The number of phenolic OH excluding ortho intramolecular Hbond substituents is 1. The van der Waals surface area contributed by atoms with Crippen molar-refractivity contribution in [1.82, 2.24) is 15.4 Å². The fourth-order valence-corrected chi connectivity index (χ4v) is 2.62. The molecule has 8 heteroatoms. The topological polar surface area (TPSA) is 96.7 Å². The van der Waals surface area contributed by atoms with E-state index in [2.05, 4.69) is 20.5 Å². The number of ether oxygens (including phenoxy) is 1. The fourth-order valence-electron chi connectivity index (χ4n) is 1.87. The van der Waals surface area contributed by atoms with Crippen LogP contribution in [-0.4, -0.2) is 40.1 Å². The average molecular weight is 346 g/mol. The van der Waals surface area contributed by atoms with Crippen LogP contribution in [0.5, 0.6) is 11.5 Å². The number of amides is 1. The molecule has 0 saturated carbocycles. The first-order chi connectivity index (χ1) is 11.5. The molecule has 1 amide bonds. The number of hydrazone groups is 1. The lowest BCUT2D eigenvalue weighted by Gasteiger charge is -2.04. The first-order valence-corrected chi connectivity index (χ1v) is 8.10. The summed E-state index contributed by atoms with van der Waals surface area (Å²) < 4.78 is 5.00. The largest absolute Gasteiger partial charge is 0.504 e. The molecule has 126 valence electrons. The second kappa shape index (κ2) is 8.30. The molecule has 7 nitrogen and oxygen atoms in total. The van der Waals surface area contributed by atoms with Gasteiger partial charge in [-0.15, -0.1) is 0 Å². The number of aromatic hydroxyl groups is 1. The molecule has 0 aliphatic carbocycles. The van der Waals surface area contributed by atoms with Crippen LogP contribution in [0.4, 0.5) is 0 Å². The van der Waals surface area contributed by atoms with Gasteiger partial charge in [0.15, 0.2) is 16.7 Å². The van der Waals surface area contributed by atoms with E-state index in [0.29, 0.717) is 16.5 Å². The summed E-state index contributed by atoms with van der Waals surface area (Å²) in [6.07, 6.45) is 1.47. The minimum absolute atomic E-state index is 0.0449. The molecule has 0 spiro atoms. The molecule has 2 rings (SSSR count). The van der Waals surface area contributed by atoms with Crippen molar-refractivity contribution >= 4 is 23.9 Å². The van der Waals surface area contributed by atoms with E-state index in [9.17, 15) is 9.90 Å². The van der Waals surface area contributed by atoms with Crippen LogP contribution in [-0.2, 0) is 4.79 Å². The van der Waals surface area contributed by atoms with Crippen molar-refractivity contribution in [1.29, 1.82) is 0 Å². The first-order valence-electron chi connectivity index (χ1n) is 7.12. The number of aryl methyl sites for hydroxylation is 2. The van der Waals surface area contributed by atoms with E-state index in [1.54, 1.807) is 12.1 Å². The van der Waals surface area contributed by atoms with Gasteiger partial charge in [-0.25, -0.2) is 15.4 Å². The van der Waals surface area contributed by atoms with Crippen molar-refractivity contribution in [3.8, 4) is 11.5 Å². The van der Waals surface area contributed by atoms with Gasteiger partial charge in [-0.3, -0.25) is 4.79 Å². The van der Waals surface area contributed by atoms with E-state index in [1.807, 2.05) is 19.9 Å². The third kappa shape index (κ3) is 5.24. The summed E-state index contributed by atoms with van der Waals surface area (Å²) in [5.74, 6) is 0.292. The number of carbonyl (C=O) groups excluding carboxylic acids is 1. The van der Waals surface area contributed by atoms with E-state index >= 15 is 0 Å². The molecule has 0 bridgehead atoms. The van der Waals surface area contributed by atoms with Gasteiger partial charge in [0.1, 0.15) is 0 Å². The molecule has 0 aliphatic rings. The Kier molecular flexibility index (Phi) is 6.14. The molecule has 0 fully saturated rings. The number of carbonyl (C=O) groups is 1. The Bertz CT molecular complexity index is 745. The Hall–Kier alpha value is -2.61. The lowest BCUT2D eigenvalue weighted by Crippen LogP contribution is -2.19. The highest BCUT2D eigenvalue weighted by Gasteiger charge is 2.05. The number of nitrogens with one attached hydrogen (secondary N) is 1. The summed E-state index contributed by atoms with van der Waals surface area (Å²) in [7, 11) is 1.46. The Morgan fingerprint density at radius 1 is 1.33 bits per heavy atom. The van der Waals surface area contributed by atoms with Crippen molar-refractivity contribution in [2.75, 3.05) is 12.9 Å². The minimum Gasteiger partial charge on any atom is -0.504 e. The van der Waals surface area contributed by atoms with Crippen LogP contribution in [0.2, 0.25) is 0 Å². The van der Waals surface area contributed by atoms with Crippen molar-refractivity contribution in [3.05, 3.63) is 41.2 Å². The molecular weight excluding hydrogens is 328 g/mol. The van der Waals surface area contributed by atoms with Crippen LogP contribution in [0.3, 0.4) is 0 Å². The number of hydrogen-bond acceptors (Lipinski definition) is 7. The first kappa shape index (κ1) is 17.7. The molecule has 24 heavy (non-hydrogen) atoms. The molecule has 2 aromatic rings. The van der Waals surface area contributed by atoms with Crippen molar-refractivity contribution < 1.29 is 14.6 Å². The monoisotopic (exact) mass is 346 g/mol. The molecule has 0 atom stereocenters. The zero-order chi connectivity index (χ0) is 17.5. The highest BCUT2D eigenvalue weighted by molar-refractivity contribution is 7.99. The van der Waals surface area contributed by atoms with Gasteiger partial charge < -0.3 is 9.84 Å². The maximum Gasteiger partial charge on any atom is 0.250 e. The Morgan fingerprint density at radius 2 is 2.04 bits per heavy atom. The number of hydrogen-bond donors (Lipinski definition) is 2. The van der Waals surface area contributed by atoms with Crippen molar-refractivity contribution in [2.24, 2.45) is 5.10 Å². The van der Waals surface area contributed by atoms with Crippen LogP contribution in [0.25, 0.3) is 0 Å². The van der Waals surface area contributed by atoms with Crippen LogP contribution in [0.15, 0.2) is 34.5 Å². The molecule has 0 radical (unpaired) electrons. The number of methoxy groups -OCH3 is 1. The SMILES string of the molecule is COc1cc(/C=N/NC(=O)CSc2nc(C)cc(C)n2)ccc1O. The molecule has 1 heterocycles. The Balaban J connectivity index is 1.86. The molecule has 0 saturated heterocycles. The van der Waals surface area contributed by atoms with E-state index in [0.717, 1.165) is 11.4 Å². The van der Waals surface area contributed by atoms with Gasteiger partial charge in [0.05, 0.1) is 19.1 Å². The second-order valence-corrected chi connectivity index (χ2v) is 5.89. The van der Waals surface area contributed by atoms with Gasteiger partial charge >= 0.3 is 0 Å². The Labute approximate surface area is 144 Å². The third-order valence-corrected chi connectivity index (χ3v) is 3.75. The molecule has 0 aliphatic heterocycles. The molecule has 1 aromatic carbocycles. The third-order valence-electron chi connectivity index (χ3n) is 2.90. The van der Waals surface area contributed by atoms with Crippen LogP contribution in [0.1, 0.15) is 17.0 Å². The predicted octanol–water partition coefficient (Wildman–Crippen LogP) is 2.05. The summed E-state index contributed by atoms with van der Waals surface area (Å²) in [6, 6.07) is 6.64. The fraction of sp³-hybridized carbons (Fsp3) is 0.250. The van der Waals surface area contributed by atoms with Gasteiger partial charge in [0, 0.05) is 11.4 Å². The van der Waals surface area contributed by atoms with Gasteiger partial charge in [0.25, 0.3) is 5.91 Å². The number of rotatable bonds is 6. The lowest BCUT2D eigenvalue weighted by atomic mass is 10.2. The molecule has 2 N–H and O–H groups in total. The maximum atomic E-state index is 11.8. The van der Waals surface area contributed by atoms with Crippen LogP contribution >= 0.6 is 11.8 Å². The van der Waals surface area contributed by atoms with Gasteiger partial charge in [-0.05, 0) is 43.7 Å². The normalized spacial score (nSPS) is 10.8. The highest BCUT2D eigenvalue weighted by Crippen LogP contribution is 2.25. The summed E-state index contributed by atoms with van der Waals surface area (Å²) in [5, 5.41) is 14.0. The van der Waals surface area contributed by atoms with Crippen LogP contribution in [0, 0.1) is 13.8 Å². The number of benzene rings is 1. The number of phenols is 1. The number of nitrogens with zero attached hydrogens (tertiary/aromatic N) is 3. The maximum absolute atomic E-state index is 11.8. The Morgan fingerprint density at radius 3 is 2.71 bits per heavy atom. The molecule has 1 aromatic heterocycles. The van der Waals surface area contributed by atoms with Crippen LogP contribution < -0.4 is 10.2 Å². The lowest BCUT2D eigenvalue weighted by molar-refractivity contribution is -0.118. The quantitative estimate of drug-likeness (QED) is 0.360. The number of thioether (sulfide) groups is 1. The zero-order valence-corrected chi connectivity index (χ0v) is 14.4. The smallest absolute Gasteiger partial charge is 0.250 e. The standard InChI is InChI=1S/C16H18N4O3S/c1-10-6-11(2)19-16(18-10)24-9-15(22)20-17-8-12-4-5-13(21)14(7-12)23-3/h4-8,21H,9H2,1-3H3,(H,20,22)/b17-8+. The molecule has 0 unspecified atom stereocenters. The second-order valence-electron chi connectivity index (χ2n) is 4.95. The van der Waals surface area contributed by atoms with E-state index in [1.165, 1.54) is 31.2 Å². The van der Waals surface area contributed by atoms with E-state index in [4.69, 9.17) is 4.74 Å². The predicted molar refractivity (Wildman–Crippen MR) is 92.6 cm³/mol.